The minimum atomic E-state index is 0.814. The molecule has 4 heteroatoms. The average molecular weight is 219 g/mol. The lowest BCUT2D eigenvalue weighted by Gasteiger charge is -1.99. The SMILES string of the molecule is CCNc1nc(-c2ccccc2C)ns1. The number of anilines is 1. The lowest BCUT2D eigenvalue weighted by Crippen LogP contribution is -1.95. The summed E-state index contributed by atoms with van der Waals surface area (Å²) in [5.41, 5.74) is 2.32. The molecule has 0 aliphatic carbocycles. The number of nitrogens with one attached hydrogen (secondary N) is 1. The second-order valence-corrected chi connectivity index (χ2v) is 4.02. The van der Waals surface area contributed by atoms with Crippen LogP contribution in [0, 0.1) is 6.92 Å². The summed E-state index contributed by atoms with van der Waals surface area (Å²) in [6.07, 6.45) is 0. The Morgan fingerprint density at radius 1 is 1.33 bits per heavy atom. The van der Waals surface area contributed by atoms with Gasteiger partial charge in [0.05, 0.1) is 0 Å². The van der Waals surface area contributed by atoms with Crippen LogP contribution in [0.4, 0.5) is 5.13 Å². The van der Waals surface area contributed by atoms with Crippen molar-refractivity contribution in [3.63, 3.8) is 0 Å². The Labute approximate surface area is 93.4 Å². The zero-order valence-corrected chi connectivity index (χ0v) is 9.64. The minimum Gasteiger partial charge on any atom is -0.361 e. The zero-order valence-electron chi connectivity index (χ0n) is 8.82. The third-order valence-corrected chi connectivity index (χ3v) is 2.81. The number of nitrogens with zero attached hydrogens (tertiary/aromatic N) is 2. The largest absolute Gasteiger partial charge is 0.361 e. The summed E-state index contributed by atoms with van der Waals surface area (Å²) >= 11 is 1.41. The molecule has 0 unspecified atom stereocenters. The van der Waals surface area contributed by atoms with Gasteiger partial charge in [0, 0.05) is 23.6 Å². The van der Waals surface area contributed by atoms with Crippen molar-refractivity contribution in [1.82, 2.24) is 9.36 Å². The molecule has 0 spiro atoms. The molecule has 2 aromatic rings. The maximum atomic E-state index is 4.43. The van der Waals surface area contributed by atoms with Crippen molar-refractivity contribution in [3.05, 3.63) is 29.8 Å². The van der Waals surface area contributed by atoms with E-state index in [-0.39, 0.29) is 0 Å². The molecular weight excluding hydrogens is 206 g/mol. The second kappa shape index (κ2) is 4.40. The van der Waals surface area contributed by atoms with E-state index < -0.39 is 0 Å². The third kappa shape index (κ3) is 2.15. The molecule has 78 valence electrons. The molecule has 1 aromatic carbocycles. The smallest absolute Gasteiger partial charge is 0.202 e. The van der Waals surface area contributed by atoms with E-state index in [0.717, 1.165) is 23.1 Å². The Hall–Kier alpha value is -1.42. The van der Waals surface area contributed by atoms with Gasteiger partial charge < -0.3 is 5.32 Å². The average Bonchev–Trinajstić information content (AvgIpc) is 2.68. The van der Waals surface area contributed by atoms with Crippen LogP contribution in [0.15, 0.2) is 24.3 Å². The molecule has 0 bridgehead atoms. The highest BCUT2D eigenvalue weighted by Crippen LogP contribution is 2.23. The fourth-order valence-corrected chi connectivity index (χ4v) is 2.03. The highest BCUT2D eigenvalue weighted by molar-refractivity contribution is 7.09. The van der Waals surface area contributed by atoms with Crippen LogP contribution >= 0.6 is 11.5 Å². The van der Waals surface area contributed by atoms with Crippen LogP contribution in [-0.2, 0) is 0 Å². The molecule has 3 nitrogen and oxygen atoms in total. The van der Waals surface area contributed by atoms with E-state index in [2.05, 4.69) is 34.6 Å². The molecule has 1 heterocycles. The highest BCUT2D eigenvalue weighted by Gasteiger charge is 2.07. The first-order valence-corrected chi connectivity index (χ1v) is 5.72. The molecule has 1 aromatic heterocycles. The number of hydrogen-bond donors (Lipinski definition) is 1. The van der Waals surface area contributed by atoms with Gasteiger partial charge >= 0.3 is 0 Å². The van der Waals surface area contributed by atoms with Gasteiger partial charge in [0.1, 0.15) is 0 Å². The molecule has 0 radical (unpaired) electrons. The van der Waals surface area contributed by atoms with Crippen LogP contribution in [0.3, 0.4) is 0 Å². The summed E-state index contributed by atoms with van der Waals surface area (Å²) in [5.74, 6) is 0.814. The van der Waals surface area contributed by atoms with Gasteiger partial charge in [-0.25, -0.2) is 0 Å². The van der Waals surface area contributed by atoms with E-state index in [1.165, 1.54) is 17.1 Å². The number of aromatic nitrogens is 2. The molecule has 0 aliphatic heterocycles. The zero-order chi connectivity index (χ0) is 10.7. The van der Waals surface area contributed by atoms with Gasteiger partial charge in [0.15, 0.2) is 5.82 Å². The van der Waals surface area contributed by atoms with Crippen molar-refractivity contribution >= 4 is 16.7 Å². The fraction of sp³-hybridized carbons (Fsp3) is 0.273. The molecule has 2 rings (SSSR count). The summed E-state index contributed by atoms with van der Waals surface area (Å²) in [5, 5.41) is 4.05. The topological polar surface area (TPSA) is 37.8 Å². The van der Waals surface area contributed by atoms with E-state index in [1.807, 2.05) is 18.2 Å². The van der Waals surface area contributed by atoms with Crippen LogP contribution in [0.25, 0.3) is 11.4 Å². The number of rotatable bonds is 3. The summed E-state index contributed by atoms with van der Waals surface area (Å²) < 4.78 is 4.33. The minimum absolute atomic E-state index is 0.814. The van der Waals surface area contributed by atoms with Gasteiger partial charge in [0.25, 0.3) is 0 Å². The lowest BCUT2D eigenvalue weighted by atomic mass is 10.1. The first-order valence-electron chi connectivity index (χ1n) is 4.95. The van der Waals surface area contributed by atoms with E-state index in [4.69, 9.17) is 0 Å². The molecule has 0 atom stereocenters. The summed E-state index contributed by atoms with van der Waals surface area (Å²) in [6.45, 7) is 5.00. The van der Waals surface area contributed by atoms with Gasteiger partial charge in [-0.3, -0.25) is 0 Å². The molecule has 0 amide bonds. The van der Waals surface area contributed by atoms with E-state index in [0.29, 0.717) is 0 Å². The standard InChI is InChI=1S/C11H13N3S/c1-3-12-11-13-10(14-15-11)9-7-5-4-6-8(9)2/h4-7H,3H2,1-2H3,(H,12,13,14). The molecule has 1 N–H and O–H groups in total. The maximum Gasteiger partial charge on any atom is 0.202 e. The van der Waals surface area contributed by atoms with Crippen molar-refractivity contribution in [2.75, 3.05) is 11.9 Å². The molecule has 0 saturated heterocycles. The Morgan fingerprint density at radius 3 is 2.87 bits per heavy atom. The van der Waals surface area contributed by atoms with Gasteiger partial charge in [-0.1, -0.05) is 24.3 Å². The van der Waals surface area contributed by atoms with Gasteiger partial charge in [-0.05, 0) is 19.4 Å². The quantitative estimate of drug-likeness (QED) is 0.862. The Morgan fingerprint density at radius 2 is 2.13 bits per heavy atom. The van der Waals surface area contributed by atoms with E-state index in [1.54, 1.807) is 0 Å². The Balaban J connectivity index is 2.33. The maximum absolute atomic E-state index is 4.43. The second-order valence-electron chi connectivity index (χ2n) is 3.27. The van der Waals surface area contributed by atoms with Gasteiger partial charge in [-0.2, -0.15) is 9.36 Å². The van der Waals surface area contributed by atoms with Crippen molar-refractivity contribution in [2.24, 2.45) is 0 Å². The van der Waals surface area contributed by atoms with Crippen LogP contribution in [0.1, 0.15) is 12.5 Å². The van der Waals surface area contributed by atoms with Crippen molar-refractivity contribution in [1.29, 1.82) is 0 Å². The molecule has 15 heavy (non-hydrogen) atoms. The summed E-state index contributed by atoms with van der Waals surface area (Å²) in [4.78, 5) is 4.43. The van der Waals surface area contributed by atoms with Gasteiger partial charge in [-0.15, -0.1) is 0 Å². The van der Waals surface area contributed by atoms with Crippen LogP contribution in [0.5, 0.6) is 0 Å². The first kappa shape index (κ1) is 10.1. The van der Waals surface area contributed by atoms with Crippen LogP contribution in [-0.4, -0.2) is 15.9 Å². The van der Waals surface area contributed by atoms with Crippen LogP contribution in [0.2, 0.25) is 0 Å². The monoisotopic (exact) mass is 219 g/mol. The number of aryl methyl sites for hydroxylation is 1. The molecule has 0 saturated carbocycles. The van der Waals surface area contributed by atoms with Gasteiger partial charge in [0.2, 0.25) is 5.13 Å². The Bertz CT molecular complexity index is 451. The first-order chi connectivity index (χ1) is 7.31. The van der Waals surface area contributed by atoms with E-state index in [9.17, 15) is 0 Å². The Kier molecular flexibility index (Phi) is 2.97. The predicted octanol–water partition coefficient (Wildman–Crippen LogP) is 2.95. The van der Waals surface area contributed by atoms with E-state index >= 15 is 0 Å². The predicted molar refractivity (Wildman–Crippen MR) is 64.2 cm³/mol. The number of hydrogen-bond acceptors (Lipinski definition) is 4. The van der Waals surface area contributed by atoms with Crippen molar-refractivity contribution in [3.8, 4) is 11.4 Å². The van der Waals surface area contributed by atoms with Crippen LogP contribution < -0.4 is 5.32 Å². The molecular formula is C11H13N3S. The van der Waals surface area contributed by atoms with Crippen molar-refractivity contribution in [2.45, 2.75) is 13.8 Å². The highest BCUT2D eigenvalue weighted by atomic mass is 32.1. The fourth-order valence-electron chi connectivity index (χ4n) is 1.38. The molecule has 0 fully saturated rings. The van der Waals surface area contributed by atoms with Crippen molar-refractivity contribution < 1.29 is 0 Å². The summed E-state index contributed by atoms with van der Waals surface area (Å²) in [6, 6.07) is 8.16. The molecule has 0 aliphatic rings. The number of benzene rings is 1. The summed E-state index contributed by atoms with van der Waals surface area (Å²) in [7, 11) is 0. The lowest BCUT2D eigenvalue weighted by molar-refractivity contribution is 1.18. The third-order valence-electron chi connectivity index (χ3n) is 2.14. The normalized spacial score (nSPS) is 10.3.